The van der Waals surface area contributed by atoms with Gasteiger partial charge < -0.3 is 16.0 Å². The van der Waals surface area contributed by atoms with Gasteiger partial charge in [-0.05, 0) is 72.5 Å². The van der Waals surface area contributed by atoms with Gasteiger partial charge in [0.05, 0.1) is 11.7 Å². The highest BCUT2D eigenvalue weighted by Crippen LogP contribution is 2.36. The lowest BCUT2D eigenvalue weighted by molar-refractivity contribution is 0.942. The molecule has 0 aliphatic rings. The molecule has 5 rings (SSSR count). The molecule has 2 aromatic carbocycles. The molecule has 6 heteroatoms. The maximum atomic E-state index is 6.49. The third-order valence-electron chi connectivity index (χ3n) is 7.11. The van der Waals surface area contributed by atoms with Gasteiger partial charge in [0.2, 0.25) is 0 Å². The van der Waals surface area contributed by atoms with E-state index in [0.717, 1.165) is 66.4 Å². The van der Waals surface area contributed by atoms with Crippen LogP contribution in [0.2, 0.25) is 0 Å². The SMILES string of the molecule is C=C/C(=C\C(=C/C)c1ccc(N)c(C(=C)c2nc3c(-c4ccc(C(=C)C)s4)cncc3[nH]2)c1)NC(=C)Cc1ccccc1. The maximum absolute atomic E-state index is 6.49. The van der Waals surface area contributed by atoms with Crippen molar-refractivity contribution >= 4 is 44.8 Å². The average Bonchev–Trinajstić information content (AvgIpc) is 3.68. The second-order valence-electron chi connectivity index (χ2n) is 10.3. The molecule has 0 unspecified atom stereocenters. The molecule has 0 saturated heterocycles. The van der Waals surface area contributed by atoms with E-state index in [1.54, 1.807) is 23.6 Å². The van der Waals surface area contributed by atoms with E-state index >= 15 is 0 Å². The fourth-order valence-corrected chi connectivity index (χ4v) is 5.77. The predicted molar refractivity (Wildman–Crippen MR) is 185 cm³/mol. The number of thiophene rings is 1. The Bertz CT molecular complexity index is 1920. The highest BCUT2D eigenvalue weighted by molar-refractivity contribution is 7.16. The maximum Gasteiger partial charge on any atom is 0.138 e. The fourth-order valence-electron chi connectivity index (χ4n) is 4.83. The lowest BCUT2D eigenvalue weighted by Crippen LogP contribution is -2.12. The first-order valence-electron chi connectivity index (χ1n) is 14.0. The van der Waals surface area contributed by atoms with Crippen LogP contribution in [0.4, 0.5) is 5.69 Å². The van der Waals surface area contributed by atoms with Gasteiger partial charge in [-0.1, -0.05) is 68.8 Å². The summed E-state index contributed by atoms with van der Waals surface area (Å²) in [5, 5.41) is 3.41. The summed E-state index contributed by atoms with van der Waals surface area (Å²) in [4.78, 5) is 15.0. The Morgan fingerprint density at radius 3 is 2.53 bits per heavy atom. The molecule has 0 atom stereocenters. The number of nitrogen functional groups attached to an aromatic ring is 1. The minimum atomic E-state index is 0.620. The summed E-state index contributed by atoms with van der Waals surface area (Å²) in [7, 11) is 0. The van der Waals surface area contributed by atoms with Gasteiger partial charge >= 0.3 is 0 Å². The number of benzene rings is 2. The number of hydrogen-bond acceptors (Lipinski definition) is 5. The predicted octanol–water partition coefficient (Wildman–Crippen LogP) is 9.18. The number of anilines is 1. The second kappa shape index (κ2) is 12.8. The van der Waals surface area contributed by atoms with Gasteiger partial charge in [-0.15, -0.1) is 11.3 Å². The smallest absolute Gasteiger partial charge is 0.138 e. The summed E-state index contributed by atoms with van der Waals surface area (Å²) in [5.74, 6) is 0.646. The van der Waals surface area contributed by atoms with Crippen molar-refractivity contribution in [3.8, 4) is 10.4 Å². The highest BCUT2D eigenvalue weighted by Gasteiger charge is 2.16. The van der Waals surface area contributed by atoms with E-state index in [2.05, 4.69) is 78.0 Å². The normalized spacial score (nSPS) is 11.9. The minimum absolute atomic E-state index is 0.620. The molecule has 3 heterocycles. The van der Waals surface area contributed by atoms with Crippen molar-refractivity contribution in [2.75, 3.05) is 5.73 Å². The standard InChI is InChI=1S/C37H35N5S/c1-7-27(19-29(8-2)40-24(5)18-26-12-10-9-11-13-26)28-14-15-32(38)30(20-28)25(6)37-41-33-22-39-21-31(36(33)42-37)35-17-16-34(43-35)23(3)4/h7-17,19-22,40H,2-3,5-6,18,38H2,1,4H3,(H,41,42)/b27-7+,29-19+. The largest absolute Gasteiger partial charge is 0.398 e. The average molecular weight is 582 g/mol. The zero-order valence-electron chi connectivity index (χ0n) is 24.6. The van der Waals surface area contributed by atoms with Crippen LogP contribution in [0.1, 0.15) is 41.2 Å². The Morgan fingerprint density at radius 1 is 1.05 bits per heavy atom. The lowest BCUT2D eigenvalue weighted by atomic mass is 9.97. The van der Waals surface area contributed by atoms with Crippen molar-refractivity contribution in [1.82, 2.24) is 20.3 Å². The molecule has 5 aromatic rings. The summed E-state index contributed by atoms with van der Waals surface area (Å²) >= 11 is 1.68. The monoisotopic (exact) mass is 581 g/mol. The van der Waals surface area contributed by atoms with Gasteiger partial charge in [0.1, 0.15) is 11.3 Å². The van der Waals surface area contributed by atoms with Crippen LogP contribution in [0, 0.1) is 0 Å². The molecule has 0 bridgehead atoms. The number of nitrogens with one attached hydrogen (secondary N) is 2. The molecule has 43 heavy (non-hydrogen) atoms. The first kappa shape index (κ1) is 29.3. The third kappa shape index (κ3) is 6.50. The second-order valence-corrected chi connectivity index (χ2v) is 11.4. The number of H-pyrrole nitrogens is 1. The fraction of sp³-hybridized carbons (Fsp3) is 0.0811. The van der Waals surface area contributed by atoms with Crippen molar-refractivity contribution in [2.45, 2.75) is 20.3 Å². The Labute approximate surface area is 257 Å². The van der Waals surface area contributed by atoms with Gasteiger partial charge in [-0.25, -0.2) is 4.98 Å². The number of rotatable bonds is 11. The van der Waals surface area contributed by atoms with E-state index in [-0.39, 0.29) is 0 Å². The summed E-state index contributed by atoms with van der Waals surface area (Å²) < 4.78 is 0. The number of nitrogens with zero attached hydrogens (tertiary/aromatic N) is 2. The van der Waals surface area contributed by atoms with Crippen LogP contribution in [0.25, 0.3) is 38.2 Å². The van der Waals surface area contributed by atoms with E-state index in [0.29, 0.717) is 17.1 Å². The number of aromatic nitrogens is 3. The zero-order valence-corrected chi connectivity index (χ0v) is 25.4. The van der Waals surface area contributed by atoms with Gasteiger partial charge in [0, 0.05) is 56.2 Å². The van der Waals surface area contributed by atoms with Crippen LogP contribution in [-0.4, -0.2) is 15.0 Å². The molecule has 4 N–H and O–H groups in total. The van der Waals surface area contributed by atoms with E-state index in [9.17, 15) is 0 Å². The molecule has 0 aliphatic heterocycles. The molecule has 0 saturated carbocycles. The van der Waals surface area contributed by atoms with Crippen molar-refractivity contribution in [3.05, 3.63) is 156 Å². The molecular weight excluding hydrogens is 547 g/mol. The number of allylic oxidation sites excluding steroid dienone is 6. The molecular formula is C37H35N5S. The van der Waals surface area contributed by atoms with Crippen LogP contribution < -0.4 is 11.1 Å². The summed E-state index contributed by atoms with van der Waals surface area (Å²) in [6.45, 7) is 20.7. The number of hydrogen-bond donors (Lipinski definition) is 3. The molecule has 0 fully saturated rings. The Kier molecular flexibility index (Phi) is 8.69. The summed E-state index contributed by atoms with van der Waals surface area (Å²) in [6.07, 6.45) is 10.3. The molecule has 5 nitrogen and oxygen atoms in total. The van der Waals surface area contributed by atoms with Crippen LogP contribution in [0.3, 0.4) is 0 Å². The number of nitrogens with two attached hydrogens (primary N) is 1. The van der Waals surface area contributed by atoms with Crippen LogP contribution in [-0.2, 0) is 6.42 Å². The summed E-state index contributed by atoms with van der Waals surface area (Å²) in [5.41, 5.74) is 17.2. The van der Waals surface area contributed by atoms with Crippen molar-refractivity contribution in [2.24, 2.45) is 0 Å². The highest BCUT2D eigenvalue weighted by atomic mass is 32.1. The molecule has 0 spiro atoms. The summed E-state index contributed by atoms with van der Waals surface area (Å²) in [6, 6.07) is 20.4. The molecule has 214 valence electrons. The van der Waals surface area contributed by atoms with Crippen LogP contribution in [0.5, 0.6) is 0 Å². The number of aromatic amines is 1. The van der Waals surface area contributed by atoms with Gasteiger partial charge in [-0.3, -0.25) is 4.98 Å². The Morgan fingerprint density at radius 2 is 1.84 bits per heavy atom. The van der Waals surface area contributed by atoms with Gasteiger partial charge in [0.25, 0.3) is 0 Å². The molecule has 0 radical (unpaired) electrons. The molecule has 0 aliphatic carbocycles. The van der Waals surface area contributed by atoms with Gasteiger partial charge in [0.15, 0.2) is 0 Å². The lowest BCUT2D eigenvalue weighted by Gasteiger charge is -2.14. The van der Waals surface area contributed by atoms with Crippen LogP contribution in [0.15, 0.2) is 129 Å². The number of imidazole rings is 1. The quantitative estimate of drug-likeness (QED) is 0.107. The Hall–Kier alpha value is -5.20. The van der Waals surface area contributed by atoms with E-state index < -0.39 is 0 Å². The third-order valence-corrected chi connectivity index (χ3v) is 8.39. The van der Waals surface area contributed by atoms with Gasteiger partial charge in [-0.2, -0.15) is 0 Å². The van der Waals surface area contributed by atoms with E-state index in [1.165, 1.54) is 5.56 Å². The first-order chi connectivity index (χ1) is 20.8. The van der Waals surface area contributed by atoms with Crippen molar-refractivity contribution in [1.29, 1.82) is 0 Å². The van der Waals surface area contributed by atoms with Crippen molar-refractivity contribution < 1.29 is 0 Å². The van der Waals surface area contributed by atoms with Crippen molar-refractivity contribution in [3.63, 3.8) is 0 Å². The first-order valence-corrected chi connectivity index (χ1v) is 14.8. The van der Waals surface area contributed by atoms with E-state index in [4.69, 9.17) is 10.7 Å². The zero-order chi connectivity index (χ0) is 30.5. The number of pyridine rings is 1. The Balaban J connectivity index is 1.42. The minimum Gasteiger partial charge on any atom is -0.398 e. The van der Waals surface area contributed by atoms with Crippen LogP contribution >= 0.6 is 11.3 Å². The number of fused-ring (bicyclic) bond motifs is 1. The topological polar surface area (TPSA) is 79.6 Å². The van der Waals surface area contributed by atoms with E-state index in [1.807, 2.05) is 56.4 Å². The molecule has 3 aromatic heterocycles. The molecule has 0 amide bonds.